The number of phenolic OH excluding ortho intramolecular Hbond substituents is 1. The minimum absolute atomic E-state index is 0.0116. The van der Waals surface area contributed by atoms with E-state index in [-0.39, 0.29) is 36.4 Å². The lowest BCUT2D eigenvalue weighted by atomic mass is 9.97. The molecule has 3 aliphatic heterocycles. The van der Waals surface area contributed by atoms with Crippen molar-refractivity contribution in [3.05, 3.63) is 23.8 Å². The second kappa shape index (κ2) is 6.16. The smallest absolute Gasteiger partial charge is 0.316 e. The first-order chi connectivity index (χ1) is 12.0. The van der Waals surface area contributed by atoms with Gasteiger partial charge in [0.25, 0.3) is 0 Å². The van der Waals surface area contributed by atoms with Crippen LogP contribution in [0.3, 0.4) is 0 Å². The minimum atomic E-state index is -0.794. The molecule has 0 aromatic heterocycles. The van der Waals surface area contributed by atoms with E-state index in [2.05, 4.69) is 11.9 Å². The molecule has 3 saturated heterocycles. The van der Waals surface area contributed by atoms with Gasteiger partial charge in [0.15, 0.2) is 11.5 Å². The fraction of sp³-hybridized carbons (Fsp3) is 0.611. The van der Waals surface area contributed by atoms with E-state index < -0.39 is 11.9 Å². The van der Waals surface area contributed by atoms with Gasteiger partial charge in [0, 0.05) is 24.9 Å². The Bertz CT molecular complexity index is 662. The largest absolute Gasteiger partial charge is 0.504 e. The summed E-state index contributed by atoms with van der Waals surface area (Å²) in [5, 5.41) is 19.4. The quantitative estimate of drug-likeness (QED) is 0.595. The van der Waals surface area contributed by atoms with Crippen LogP contribution in [-0.2, 0) is 14.3 Å². The summed E-state index contributed by atoms with van der Waals surface area (Å²) in [6.07, 6.45) is 1.94. The van der Waals surface area contributed by atoms with Crippen LogP contribution < -0.4 is 4.74 Å². The number of piperidine rings is 1. The van der Waals surface area contributed by atoms with Crippen molar-refractivity contribution < 1.29 is 29.2 Å². The number of benzene rings is 1. The van der Waals surface area contributed by atoms with Crippen molar-refractivity contribution in [1.82, 2.24) is 4.90 Å². The van der Waals surface area contributed by atoms with Crippen LogP contribution in [0.25, 0.3) is 0 Å². The van der Waals surface area contributed by atoms with Crippen molar-refractivity contribution in [2.24, 2.45) is 0 Å². The molecule has 136 valence electrons. The summed E-state index contributed by atoms with van der Waals surface area (Å²) in [7, 11) is 3.54. The molecule has 7 nitrogen and oxygen atoms in total. The molecule has 3 heterocycles. The Morgan fingerprint density at radius 1 is 1.36 bits per heavy atom. The number of morpholine rings is 1. The number of carbonyl (C=O) groups excluding carboxylic acids is 1. The number of epoxide rings is 1. The molecule has 3 aliphatic rings. The zero-order valence-electron chi connectivity index (χ0n) is 14.3. The van der Waals surface area contributed by atoms with Crippen molar-refractivity contribution in [2.75, 3.05) is 20.8 Å². The Morgan fingerprint density at radius 2 is 2.04 bits per heavy atom. The molecule has 0 aliphatic carbocycles. The summed E-state index contributed by atoms with van der Waals surface area (Å²) >= 11 is 0. The highest BCUT2D eigenvalue weighted by Crippen LogP contribution is 2.48. The first-order valence-corrected chi connectivity index (χ1v) is 8.59. The second-order valence-electron chi connectivity index (χ2n) is 7.06. The zero-order valence-corrected chi connectivity index (χ0v) is 14.3. The van der Waals surface area contributed by atoms with E-state index in [0.29, 0.717) is 17.6 Å². The standard InChI is InChI=1S/C18H23NO6/c1-19-12-6-10(7-13(19)17-16(12)25-17)24-18(22)11(8-20)9-3-4-14(21)15(5-9)23-2/h3-5,10-13,16-17,20-21H,6-8H2,1-2H3/t10?,11-,12-,13+,16-,17+/m1/s1. The molecule has 1 unspecified atom stereocenters. The monoisotopic (exact) mass is 349 g/mol. The first kappa shape index (κ1) is 16.6. The molecule has 1 aromatic rings. The number of hydrogen-bond acceptors (Lipinski definition) is 7. The summed E-state index contributed by atoms with van der Waals surface area (Å²) in [5.41, 5.74) is 0.559. The number of rotatable bonds is 5. The number of methoxy groups -OCH3 is 1. The Hall–Kier alpha value is -1.83. The van der Waals surface area contributed by atoms with Crippen LogP contribution >= 0.6 is 0 Å². The molecule has 3 fully saturated rings. The molecule has 2 N–H and O–H groups in total. The number of ether oxygens (including phenoxy) is 3. The molecule has 0 radical (unpaired) electrons. The lowest BCUT2D eigenvalue weighted by molar-refractivity contribution is -0.156. The third-order valence-corrected chi connectivity index (χ3v) is 5.73. The van der Waals surface area contributed by atoms with Crippen molar-refractivity contribution in [1.29, 1.82) is 0 Å². The van der Waals surface area contributed by atoms with Crippen molar-refractivity contribution in [2.45, 2.75) is 49.2 Å². The average molecular weight is 349 g/mol. The predicted octanol–water partition coefficient (Wildman–Crippen LogP) is 0.632. The molecule has 4 rings (SSSR count). The molecule has 25 heavy (non-hydrogen) atoms. The minimum Gasteiger partial charge on any atom is -0.504 e. The maximum Gasteiger partial charge on any atom is 0.316 e. The normalized spacial score (nSPS) is 34.3. The highest BCUT2D eigenvalue weighted by Gasteiger charge is 2.62. The van der Waals surface area contributed by atoms with Crippen molar-refractivity contribution in [3.8, 4) is 11.5 Å². The van der Waals surface area contributed by atoms with Crippen LogP contribution in [0.1, 0.15) is 24.3 Å². The topological polar surface area (TPSA) is 91.8 Å². The zero-order chi connectivity index (χ0) is 17.7. The maximum atomic E-state index is 12.6. The van der Waals surface area contributed by atoms with Gasteiger partial charge in [-0.2, -0.15) is 0 Å². The maximum absolute atomic E-state index is 12.6. The predicted molar refractivity (Wildman–Crippen MR) is 87.6 cm³/mol. The van der Waals surface area contributed by atoms with Crippen molar-refractivity contribution in [3.63, 3.8) is 0 Å². The van der Waals surface area contributed by atoms with E-state index in [9.17, 15) is 15.0 Å². The van der Waals surface area contributed by atoms with Gasteiger partial charge in [0.05, 0.1) is 13.7 Å². The van der Waals surface area contributed by atoms with Crippen molar-refractivity contribution >= 4 is 5.97 Å². The SMILES string of the molecule is COc1cc([C@@H](CO)C(=O)OC2C[C@@H]3[C@H]4O[C@H]4[C@H](C2)N3C)ccc1O. The number of aromatic hydroxyl groups is 1. The number of likely N-dealkylation sites (N-methyl/N-ethyl adjacent to an activating group) is 1. The lowest BCUT2D eigenvalue weighted by Gasteiger charge is -2.38. The van der Waals surface area contributed by atoms with Gasteiger partial charge in [0.1, 0.15) is 24.2 Å². The Morgan fingerprint density at radius 3 is 2.64 bits per heavy atom. The van der Waals surface area contributed by atoms with E-state index in [1.54, 1.807) is 12.1 Å². The number of carbonyl (C=O) groups is 1. The number of fused-ring (bicyclic) bond motifs is 5. The highest BCUT2D eigenvalue weighted by atomic mass is 16.6. The van der Waals surface area contributed by atoms with Gasteiger partial charge in [-0.15, -0.1) is 0 Å². The van der Waals surface area contributed by atoms with E-state index in [1.807, 2.05) is 0 Å². The Labute approximate surface area is 146 Å². The fourth-order valence-corrected chi connectivity index (χ4v) is 4.27. The molecular formula is C18H23NO6. The molecule has 0 amide bonds. The molecule has 6 atom stereocenters. The molecule has 0 spiro atoms. The number of nitrogens with zero attached hydrogens (tertiary/aromatic N) is 1. The number of esters is 1. The number of aliphatic hydroxyl groups is 1. The fourth-order valence-electron chi connectivity index (χ4n) is 4.27. The first-order valence-electron chi connectivity index (χ1n) is 8.59. The van der Waals surface area contributed by atoms with E-state index in [4.69, 9.17) is 14.2 Å². The van der Waals surface area contributed by atoms with Crippen LogP contribution in [0.15, 0.2) is 18.2 Å². The van der Waals surface area contributed by atoms with Gasteiger partial charge in [0.2, 0.25) is 0 Å². The number of phenols is 1. The van der Waals surface area contributed by atoms with E-state index >= 15 is 0 Å². The van der Waals surface area contributed by atoms with Gasteiger partial charge in [-0.1, -0.05) is 6.07 Å². The summed E-state index contributed by atoms with van der Waals surface area (Å²) in [6, 6.07) is 5.22. The van der Waals surface area contributed by atoms with Crippen LogP contribution in [0.4, 0.5) is 0 Å². The third-order valence-electron chi connectivity index (χ3n) is 5.73. The second-order valence-corrected chi connectivity index (χ2v) is 7.06. The molecule has 0 saturated carbocycles. The van der Waals surface area contributed by atoms with Gasteiger partial charge >= 0.3 is 5.97 Å². The third kappa shape index (κ3) is 2.76. The van der Waals surface area contributed by atoms with Crippen LogP contribution in [0, 0.1) is 0 Å². The van der Waals surface area contributed by atoms with Gasteiger partial charge < -0.3 is 24.4 Å². The summed E-state index contributed by atoms with van der Waals surface area (Å²) in [4.78, 5) is 14.9. The molecule has 7 heteroatoms. The van der Waals surface area contributed by atoms with Crippen LogP contribution in [0.2, 0.25) is 0 Å². The summed E-state index contributed by atoms with van der Waals surface area (Å²) < 4.78 is 16.4. The molecule has 1 aromatic carbocycles. The van der Waals surface area contributed by atoms with Gasteiger partial charge in [-0.05, 0) is 24.7 Å². The lowest BCUT2D eigenvalue weighted by Crippen LogP contribution is -2.48. The van der Waals surface area contributed by atoms with E-state index in [0.717, 1.165) is 12.8 Å². The van der Waals surface area contributed by atoms with E-state index in [1.165, 1.54) is 13.2 Å². The average Bonchev–Trinajstić information content (AvgIpc) is 3.35. The molecule has 2 bridgehead atoms. The van der Waals surface area contributed by atoms with Crippen LogP contribution in [-0.4, -0.2) is 72.2 Å². The molecular weight excluding hydrogens is 326 g/mol. The Kier molecular flexibility index (Phi) is 4.10. The summed E-state index contributed by atoms with van der Waals surface area (Å²) in [6.45, 7) is -0.361. The Balaban J connectivity index is 1.45. The number of aliphatic hydroxyl groups excluding tert-OH is 1. The van der Waals surface area contributed by atoms with Gasteiger partial charge in [-0.25, -0.2) is 0 Å². The summed E-state index contributed by atoms with van der Waals surface area (Å²) in [5.74, 6) is -0.989. The number of hydrogen-bond donors (Lipinski definition) is 2. The van der Waals surface area contributed by atoms with Gasteiger partial charge in [-0.3, -0.25) is 9.69 Å². The highest BCUT2D eigenvalue weighted by molar-refractivity contribution is 5.79. The van der Waals surface area contributed by atoms with Crippen LogP contribution in [0.5, 0.6) is 11.5 Å².